The number of aromatic nitrogens is 2. The molecule has 1 aliphatic heterocycles. The van der Waals surface area contributed by atoms with E-state index in [0.29, 0.717) is 24.7 Å². The predicted molar refractivity (Wildman–Crippen MR) is 111 cm³/mol. The Kier molecular flexibility index (Phi) is 5.09. The van der Waals surface area contributed by atoms with Crippen LogP contribution < -0.4 is 9.64 Å². The lowest BCUT2D eigenvalue weighted by atomic mass is 10.1. The van der Waals surface area contributed by atoms with Crippen LogP contribution >= 0.6 is 0 Å². The van der Waals surface area contributed by atoms with Crippen molar-refractivity contribution in [2.45, 2.75) is 46.1 Å². The van der Waals surface area contributed by atoms with Crippen molar-refractivity contribution in [2.24, 2.45) is 0 Å². The van der Waals surface area contributed by atoms with Gasteiger partial charge in [0.05, 0.1) is 12.0 Å². The summed E-state index contributed by atoms with van der Waals surface area (Å²) >= 11 is 0. The molecule has 1 unspecified atom stereocenters. The minimum Gasteiger partial charge on any atom is -0.491 e. The maximum absolute atomic E-state index is 12.6. The first-order valence-corrected chi connectivity index (χ1v) is 9.89. The summed E-state index contributed by atoms with van der Waals surface area (Å²) in [5, 5.41) is 4.12. The topological polar surface area (TPSA) is 68.5 Å². The standard InChI is InChI=1S/C23H25N3O3/c1-14(2)28-19-9-7-17(8-10-19)22-24-23(29-25-22)18-12-21(27)26(13-18)20-11-15(3)5-6-16(20)4/h5-11,14,18H,12-13H2,1-4H3. The molecule has 0 N–H and O–H groups in total. The Morgan fingerprint density at radius 2 is 1.90 bits per heavy atom. The smallest absolute Gasteiger partial charge is 0.232 e. The first-order valence-electron chi connectivity index (χ1n) is 9.89. The number of benzene rings is 2. The van der Waals surface area contributed by atoms with Gasteiger partial charge in [0.15, 0.2) is 0 Å². The SMILES string of the molecule is Cc1ccc(C)c(N2CC(c3nc(-c4ccc(OC(C)C)cc4)no3)CC2=O)c1. The normalized spacial score (nSPS) is 16.7. The van der Waals surface area contributed by atoms with Crippen molar-refractivity contribution in [2.75, 3.05) is 11.4 Å². The number of nitrogens with zero attached hydrogens (tertiary/aromatic N) is 3. The molecular weight excluding hydrogens is 366 g/mol. The molecule has 3 aromatic rings. The average molecular weight is 391 g/mol. The first-order chi connectivity index (χ1) is 13.9. The largest absolute Gasteiger partial charge is 0.491 e. The fraction of sp³-hybridized carbons (Fsp3) is 0.348. The number of aryl methyl sites for hydroxylation is 2. The van der Waals surface area contributed by atoms with Crippen LogP contribution in [0.2, 0.25) is 0 Å². The van der Waals surface area contributed by atoms with Gasteiger partial charge in [0.1, 0.15) is 5.75 Å². The molecule has 0 saturated carbocycles. The van der Waals surface area contributed by atoms with Gasteiger partial charge in [-0.05, 0) is 69.2 Å². The number of hydrogen-bond donors (Lipinski definition) is 0. The van der Waals surface area contributed by atoms with Crippen molar-refractivity contribution >= 4 is 11.6 Å². The molecule has 2 aromatic carbocycles. The maximum Gasteiger partial charge on any atom is 0.232 e. The second kappa shape index (κ2) is 7.70. The summed E-state index contributed by atoms with van der Waals surface area (Å²) in [6, 6.07) is 13.8. The van der Waals surface area contributed by atoms with Crippen LogP contribution in [0.15, 0.2) is 47.0 Å². The Bertz CT molecular complexity index is 1020. The second-order valence-corrected chi connectivity index (χ2v) is 7.84. The highest BCUT2D eigenvalue weighted by molar-refractivity contribution is 5.97. The maximum atomic E-state index is 12.6. The molecule has 1 saturated heterocycles. The van der Waals surface area contributed by atoms with E-state index in [4.69, 9.17) is 9.26 Å². The van der Waals surface area contributed by atoms with Gasteiger partial charge in [-0.1, -0.05) is 17.3 Å². The highest BCUT2D eigenvalue weighted by Gasteiger charge is 2.35. The van der Waals surface area contributed by atoms with E-state index in [2.05, 4.69) is 22.3 Å². The van der Waals surface area contributed by atoms with Gasteiger partial charge in [-0.3, -0.25) is 4.79 Å². The average Bonchev–Trinajstić information content (AvgIpc) is 3.31. The molecule has 6 heteroatoms. The molecule has 1 atom stereocenters. The van der Waals surface area contributed by atoms with E-state index in [0.717, 1.165) is 28.1 Å². The van der Waals surface area contributed by atoms with Crippen LogP contribution in [0.1, 0.15) is 43.2 Å². The highest BCUT2D eigenvalue weighted by Crippen LogP contribution is 2.34. The van der Waals surface area contributed by atoms with Crippen LogP contribution in [0.5, 0.6) is 5.75 Å². The van der Waals surface area contributed by atoms with Crippen LogP contribution in [-0.2, 0) is 4.79 Å². The number of hydrogen-bond acceptors (Lipinski definition) is 5. The van der Waals surface area contributed by atoms with E-state index in [-0.39, 0.29) is 17.9 Å². The molecule has 0 bridgehead atoms. The number of ether oxygens (including phenoxy) is 1. The van der Waals surface area contributed by atoms with E-state index in [1.54, 1.807) is 0 Å². The second-order valence-electron chi connectivity index (χ2n) is 7.84. The third-order valence-corrected chi connectivity index (χ3v) is 5.06. The Morgan fingerprint density at radius 3 is 2.62 bits per heavy atom. The van der Waals surface area contributed by atoms with Crippen LogP contribution in [0.4, 0.5) is 5.69 Å². The summed E-state index contributed by atoms with van der Waals surface area (Å²) in [5.41, 5.74) is 4.02. The van der Waals surface area contributed by atoms with Gasteiger partial charge in [-0.15, -0.1) is 0 Å². The number of anilines is 1. The third kappa shape index (κ3) is 4.01. The molecule has 0 aliphatic carbocycles. The summed E-state index contributed by atoms with van der Waals surface area (Å²) < 4.78 is 11.2. The Hall–Kier alpha value is -3.15. The van der Waals surface area contributed by atoms with Crippen LogP contribution in [0.25, 0.3) is 11.4 Å². The van der Waals surface area contributed by atoms with Crippen molar-refractivity contribution in [3.05, 3.63) is 59.5 Å². The molecule has 2 heterocycles. The van der Waals surface area contributed by atoms with Crippen molar-refractivity contribution in [1.82, 2.24) is 10.1 Å². The third-order valence-electron chi connectivity index (χ3n) is 5.06. The molecule has 1 aliphatic rings. The Balaban J connectivity index is 1.51. The van der Waals surface area contributed by atoms with Gasteiger partial charge in [-0.2, -0.15) is 4.98 Å². The Morgan fingerprint density at radius 1 is 1.14 bits per heavy atom. The minimum atomic E-state index is -0.104. The summed E-state index contributed by atoms with van der Waals surface area (Å²) in [6.07, 6.45) is 0.494. The van der Waals surface area contributed by atoms with Gasteiger partial charge in [0.2, 0.25) is 17.6 Å². The molecule has 4 rings (SSSR count). The molecule has 29 heavy (non-hydrogen) atoms. The van der Waals surface area contributed by atoms with Crippen LogP contribution in [0.3, 0.4) is 0 Å². The lowest BCUT2D eigenvalue weighted by molar-refractivity contribution is -0.117. The summed E-state index contributed by atoms with van der Waals surface area (Å²) in [5.74, 6) is 1.81. The fourth-order valence-electron chi connectivity index (χ4n) is 3.59. The highest BCUT2D eigenvalue weighted by atomic mass is 16.5. The molecular formula is C23H25N3O3. The number of rotatable bonds is 5. The van der Waals surface area contributed by atoms with E-state index in [1.807, 2.05) is 62.9 Å². The molecule has 6 nitrogen and oxygen atoms in total. The fourth-order valence-corrected chi connectivity index (χ4v) is 3.59. The lowest BCUT2D eigenvalue weighted by Crippen LogP contribution is -2.25. The quantitative estimate of drug-likeness (QED) is 0.633. The van der Waals surface area contributed by atoms with Gasteiger partial charge in [-0.25, -0.2) is 0 Å². The van der Waals surface area contributed by atoms with Crippen molar-refractivity contribution in [1.29, 1.82) is 0 Å². The summed E-state index contributed by atoms with van der Waals surface area (Å²) in [7, 11) is 0. The molecule has 1 amide bonds. The van der Waals surface area contributed by atoms with E-state index in [9.17, 15) is 4.79 Å². The summed E-state index contributed by atoms with van der Waals surface area (Å²) in [4.78, 5) is 19.0. The zero-order valence-electron chi connectivity index (χ0n) is 17.2. The lowest BCUT2D eigenvalue weighted by Gasteiger charge is -2.19. The zero-order valence-corrected chi connectivity index (χ0v) is 17.2. The van der Waals surface area contributed by atoms with Gasteiger partial charge >= 0.3 is 0 Å². The van der Waals surface area contributed by atoms with Crippen LogP contribution in [-0.4, -0.2) is 28.7 Å². The predicted octanol–water partition coefficient (Wildman–Crippen LogP) is 4.66. The van der Waals surface area contributed by atoms with E-state index >= 15 is 0 Å². The number of carbonyl (C=O) groups is 1. The van der Waals surface area contributed by atoms with Crippen molar-refractivity contribution in [3.63, 3.8) is 0 Å². The van der Waals surface area contributed by atoms with Gasteiger partial charge < -0.3 is 14.2 Å². The van der Waals surface area contributed by atoms with Gasteiger partial charge in [0, 0.05) is 24.2 Å². The molecule has 1 fully saturated rings. The zero-order chi connectivity index (χ0) is 20.5. The molecule has 1 aromatic heterocycles. The van der Waals surface area contributed by atoms with Crippen LogP contribution in [0, 0.1) is 13.8 Å². The monoisotopic (exact) mass is 391 g/mol. The molecule has 0 spiro atoms. The van der Waals surface area contributed by atoms with Crippen molar-refractivity contribution in [3.8, 4) is 17.1 Å². The van der Waals surface area contributed by atoms with E-state index in [1.165, 1.54) is 0 Å². The molecule has 150 valence electrons. The number of amides is 1. The first kappa shape index (κ1) is 19.2. The Labute approximate surface area is 170 Å². The molecule has 0 radical (unpaired) electrons. The van der Waals surface area contributed by atoms with Gasteiger partial charge in [0.25, 0.3) is 0 Å². The van der Waals surface area contributed by atoms with E-state index < -0.39 is 0 Å². The number of carbonyl (C=O) groups excluding carboxylic acids is 1. The summed E-state index contributed by atoms with van der Waals surface area (Å²) in [6.45, 7) is 8.58. The minimum absolute atomic E-state index is 0.0821. The van der Waals surface area contributed by atoms with Crippen molar-refractivity contribution < 1.29 is 14.1 Å².